The van der Waals surface area contributed by atoms with E-state index in [-0.39, 0.29) is 12.6 Å². The Kier molecular flexibility index (Phi) is 3.26. The summed E-state index contributed by atoms with van der Waals surface area (Å²) in [5.41, 5.74) is 0. The van der Waals surface area contributed by atoms with Crippen molar-refractivity contribution >= 4 is 7.82 Å². The Morgan fingerprint density at radius 1 is 1.67 bits per heavy atom. The van der Waals surface area contributed by atoms with Crippen LogP contribution in [0.15, 0.2) is 0 Å². The fourth-order valence-electron chi connectivity index (χ4n) is 1.37. The second-order valence-corrected chi connectivity index (χ2v) is 4.30. The SMILES string of the molecule is CN1CCC[C@H]1COP(=O)(O)O. The van der Waals surface area contributed by atoms with Crippen LogP contribution in [-0.4, -0.2) is 40.9 Å². The average Bonchev–Trinajstić information content (AvgIpc) is 2.29. The van der Waals surface area contributed by atoms with E-state index < -0.39 is 7.82 Å². The zero-order valence-electron chi connectivity index (χ0n) is 7.01. The Morgan fingerprint density at radius 3 is 2.75 bits per heavy atom. The fraction of sp³-hybridized carbons (Fsp3) is 1.00. The molecule has 2 N–H and O–H groups in total. The molecule has 1 fully saturated rings. The van der Waals surface area contributed by atoms with Gasteiger partial charge in [-0.3, -0.25) is 4.52 Å². The second-order valence-electron chi connectivity index (χ2n) is 3.06. The maximum Gasteiger partial charge on any atom is 0.469 e. The van der Waals surface area contributed by atoms with Crippen molar-refractivity contribution in [3.63, 3.8) is 0 Å². The molecule has 1 rings (SSSR count). The number of likely N-dealkylation sites (N-methyl/N-ethyl adjacent to an activating group) is 1. The van der Waals surface area contributed by atoms with E-state index in [1.165, 1.54) is 0 Å². The van der Waals surface area contributed by atoms with Crippen LogP contribution in [-0.2, 0) is 9.09 Å². The molecule has 72 valence electrons. The summed E-state index contributed by atoms with van der Waals surface area (Å²) in [6.07, 6.45) is 2.03. The molecule has 0 radical (unpaired) electrons. The van der Waals surface area contributed by atoms with Crippen molar-refractivity contribution in [3.05, 3.63) is 0 Å². The summed E-state index contributed by atoms with van der Waals surface area (Å²) in [5, 5.41) is 0. The molecule has 0 aromatic rings. The molecule has 0 bridgehead atoms. The van der Waals surface area contributed by atoms with Gasteiger partial charge in [0.1, 0.15) is 0 Å². The lowest BCUT2D eigenvalue weighted by molar-refractivity contribution is 0.147. The van der Waals surface area contributed by atoms with Gasteiger partial charge < -0.3 is 14.7 Å². The summed E-state index contributed by atoms with van der Waals surface area (Å²) >= 11 is 0. The monoisotopic (exact) mass is 195 g/mol. The van der Waals surface area contributed by atoms with E-state index in [1.807, 2.05) is 7.05 Å². The Balaban J connectivity index is 2.27. The van der Waals surface area contributed by atoms with Crippen molar-refractivity contribution in [1.29, 1.82) is 0 Å². The molecule has 1 saturated heterocycles. The van der Waals surface area contributed by atoms with Gasteiger partial charge in [-0.05, 0) is 26.4 Å². The molecular formula is C6H14NO4P. The largest absolute Gasteiger partial charge is 0.469 e. The summed E-state index contributed by atoms with van der Waals surface area (Å²) in [6.45, 7) is 1.11. The number of hydrogen-bond donors (Lipinski definition) is 2. The van der Waals surface area contributed by atoms with E-state index in [0.29, 0.717) is 0 Å². The molecule has 0 aromatic carbocycles. The topological polar surface area (TPSA) is 70.0 Å². The summed E-state index contributed by atoms with van der Waals surface area (Å²) in [4.78, 5) is 18.9. The van der Waals surface area contributed by atoms with Gasteiger partial charge >= 0.3 is 7.82 Å². The summed E-state index contributed by atoms with van der Waals surface area (Å²) < 4.78 is 14.8. The molecule has 0 spiro atoms. The molecule has 0 amide bonds. The van der Waals surface area contributed by atoms with Crippen molar-refractivity contribution in [3.8, 4) is 0 Å². The molecule has 0 aromatic heterocycles. The lowest BCUT2D eigenvalue weighted by Gasteiger charge is -2.18. The zero-order chi connectivity index (χ0) is 9.19. The normalized spacial score (nSPS) is 26.4. The first-order chi connectivity index (χ1) is 5.49. The van der Waals surface area contributed by atoms with Gasteiger partial charge in [0.15, 0.2) is 0 Å². The number of phosphoric ester groups is 1. The number of nitrogens with zero attached hydrogens (tertiary/aromatic N) is 1. The van der Waals surface area contributed by atoms with E-state index in [9.17, 15) is 4.57 Å². The van der Waals surface area contributed by atoms with E-state index in [4.69, 9.17) is 9.79 Å². The first-order valence-electron chi connectivity index (χ1n) is 3.89. The van der Waals surface area contributed by atoms with Crippen LogP contribution in [0, 0.1) is 0 Å². The first-order valence-corrected chi connectivity index (χ1v) is 5.42. The van der Waals surface area contributed by atoms with Crippen LogP contribution in [0.2, 0.25) is 0 Å². The van der Waals surface area contributed by atoms with Crippen LogP contribution in [0.3, 0.4) is 0 Å². The van der Waals surface area contributed by atoms with Gasteiger partial charge in [0.25, 0.3) is 0 Å². The molecule has 1 atom stereocenters. The predicted octanol–water partition coefficient (Wildman–Crippen LogP) is 0.190. The maximum absolute atomic E-state index is 10.3. The number of hydrogen-bond acceptors (Lipinski definition) is 3. The van der Waals surface area contributed by atoms with Gasteiger partial charge in [-0.2, -0.15) is 0 Å². The molecule has 1 aliphatic heterocycles. The van der Waals surface area contributed by atoms with Crippen molar-refractivity contribution in [1.82, 2.24) is 4.90 Å². The number of phosphoric acid groups is 1. The molecule has 5 nitrogen and oxygen atoms in total. The van der Waals surface area contributed by atoms with Gasteiger partial charge in [0.2, 0.25) is 0 Å². The Hall–Kier alpha value is 0.0700. The van der Waals surface area contributed by atoms with Crippen LogP contribution in [0.1, 0.15) is 12.8 Å². The minimum atomic E-state index is -4.27. The first kappa shape index (κ1) is 10.2. The Morgan fingerprint density at radius 2 is 2.33 bits per heavy atom. The predicted molar refractivity (Wildman–Crippen MR) is 43.6 cm³/mol. The van der Waals surface area contributed by atoms with Gasteiger partial charge in [0, 0.05) is 6.04 Å². The minimum Gasteiger partial charge on any atom is -0.303 e. The standard InChI is InChI=1S/C6H14NO4P/c1-7-4-2-3-6(7)5-11-12(8,9)10/h6H,2-5H2,1H3,(H2,8,9,10)/t6-/m0/s1. The molecule has 12 heavy (non-hydrogen) atoms. The van der Waals surface area contributed by atoms with Crippen molar-refractivity contribution < 1.29 is 18.9 Å². The molecule has 1 heterocycles. The van der Waals surface area contributed by atoms with E-state index in [2.05, 4.69) is 9.42 Å². The summed E-state index contributed by atoms with van der Waals surface area (Å²) in [5.74, 6) is 0. The van der Waals surface area contributed by atoms with Crippen LogP contribution >= 0.6 is 7.82 Å². The summed E-state index contributed by atoms with van der Waals surface area (Å²) in [6, 6.07) is 0.164. The molecule has 0 aliphatic carbocycles. The molecular weight excluding hydrogens is 181 g/mol. The molecule has 1 aliphatic rings. The Labute approximate surface area is 71.6 Å². The maximum atomic E-state index is 10.3. The third-order valence-electron chi connectivity index (χ3n) is 2.11. The van der Waals surface area contributed by atoms with E-state index in [1.54, 1.807) is 0 Å². The highest BCUT2D eigenvalue weighted by molar-refractivity contribution is 7.46. The smallest absolute Gasteiger partial charge is 0.303 e. The average molecular weight is 195 g/mol. The summed E-state index contributed by atoms with van der Waals surface area (Å²) in [7, 11) is -2.34. The second kappa shape index (κ2) is 3.85. The lowest BCUT2D eigenvalue weighted by Crippen LogP contribution is -2.28. The molecule has 0 unspecified atom stereocenters. The quantitative estimate of drug-likeness (QED) is 0.629. The zero-order valence-corrected chi connectivity index (χ0v) is 7.91. The van der Waals surface area contributed by atoms with E-state index in [0.717, 1.165) is 19.4 Å². The van der Waals surface area contributed by atoms with E-state index >= 15 is 0 Å². The molecule has 0 saturated carbocycles. The van der Waals surface area contributed by atoms with Crippen molar-refractivity contribution in [2.75, 3.05) is 20.2 Å². The van der Waals surface area contributed by atoms with Gasteiger partial charge in [0.05, 0.1) is 6.61 Å². The highest BCUT2D eigenvalue weighted by Crippen LogP contribution is 2.36. The van der Waals surface area contributed by atoms with Crippen LogP contribution < -0.4 is 0 Å². The highest BCUT2D eigenvalue weighted by Gasteiger charge is 2.24. The van der Waals surface area contributed by atoms with Crippen LogP contribution in [0.25, 0.3) is 0 Å². The number of rotatable bonds is 3. The molecule has 6 heteroatoms. The van der Waals surface area contributed by atoms with Gasteiger partial charge in [-0.25, -0.2) is 4.57 Å². The van der Waals surface area contributed by atoms with Crippen LogP contribution in [0.4, 0.5) is 0 Å². The lowest BCUT2D eigenvalue weighted by atomic mass is 10.2. The number of likely N-dealkylation sites (tertiary alicyclic amines) is 1. The minimum absolute atomic E-state index is 0.126. The highest BCUT2D eigenvalue weighted by atomic mass is 31.2. The fourth-order valence-corrected chi connectivity index (χ4v) is 1.74. The van der Waals surface area contributed by atoms with Gasteiger partial charge in [-0.1, -0.05) is 0 Å². The third kappa shape index (κ3) is 3.21. The Bertz CT molecular complexity index is 192. The van der Waals surface area contributed by atoms with Gasteiger partial charge in [-0.15, -0.1) is 0 Å². The third-order valence-corrected chi connectivity index (χ3v) is 2.59. The van der Waals surface area contributed by atoms with Crippen molar-refractivity contribution in [2.45, 2.75) is 18.9 Å². The van der Waals surface area contributed by atoms with Crippen LogP contribution in [0.5, 0.6) is 0 Å². The van der Waals surface area contributed by atoms with Crippen molar-refractivity contribution in [2.24, 2.45) is 0 Å².